The Balaban J connectivity index is 1.73. The zero-order valence-electron chi connectivity index (χ0n) is 16.5. The van der Waals surface area contributed by atoms with Gasteiger partial charge >= 0.3 is 6.18 Å². The van der Waals surface area contributed by atoms with Crippen LogP contribution in [0.4, 0.5) is 24.7 Å². The maximum atomic E-state index is 13.7. The predicted octanol–water partition coefficient (Wildman–Crippen LogP) is 4.72. The van der Waals surface area contributed by atoms with Crippen LogP contribution in [-0.2, 0) is 6.18 Å². The maximum Gasteiger partial charge on any atom is 0.418 e. The number of nitrogens with one attached hydrogen (secondary N) is 2. The van der Waals surface area contributed by atoms with Gasteiger partial charge < -0.3 is 11.1 Å². The molecule has 3 aromatic rings. The second-order valence-corrected chi connectivity index (χ2v) is 7.03. The Morgan fingerprint density at radius 3 is 2.42 bits per heavy atom. The number of alkyl halides is 3. The number of hydrogen-bond acceptors (Lipinski definition) is 6. The zero-order valence-corrected chi connectivity index (χ0v) is 16.5. The fourth-order valence-electron chi connectivity index (χ4n) is 3.19. The topological polar surface area (TPSA) is 104 Å². The van der Waals surface area contributed by atoms with Crippen molar-refractivity contribution in [2.24, 2.45) is 10.2 Å². The first-order valence-corrected chi connectivity index (χ1v) is 9.26. The summed E-state index contributed by atoms with van der Waals surface area (Å²) in [4.78, 5) is 4.23. The number of pyridine rings is 1. The normalized spacial score (nSPS) is 13.7. The second kappa shape index (κ2) is 7.71. The van der Waals surface area contributed by atoms with Crippen molar-refractivity contribution in [1.82, 2.24) is 15.2 Å². The third kappa shape index (κ3) is 4.18. The molecular formula is C21H18F3N7. The van der Waals surface area contributed by atoms with E-state index in [1.54, 1.807) is 30.3 Å². The summed E-state index contributed by atoms with van der Waals surface area (Å²) in [6, 6.07) is 9.09. The summed E-state index contributed by atoms with van der Waals surface area (Å²) >= 11 is 0. The summed E-state index contributed by atoms with van der Waals surface area (Å²) in [6.45, 7) is 5.72. The number of aromatic nitrogens is 3. The number of benzene rings is 1. The van der Waals surface area contributed by atoms with Crippen molar-refractivity contribution >= 4 is 28.6 Å². The van der Waals surface area contributed by atoms with Gasteiger partial charge in [0, 0.05) is 23.8 Å². The van der Waals surface area contributed by atoms with E-state index in [4.69, 9.17) is 5.73 Å². The molecule has 1 aliphatic rings. The molecule has 0 bridgehead atoms. The summed E-state index contributed by atoms with van der Waals surface area (Å²) in [7, 11) is 0. The zero-order chi connectivity index (χ0) is 22.2. The van der Waals surface area contributed by atoms with Crippen molar-refractivity contribution in [1.29, 1.82) is 0 Å². The highest BCUT2D eigenvalue weighted by Gasteiger charge is 2.36. The van der Waals surface area contributed by atoms with Gasteiger partial charge in [0.15, 0.2) is 0 Å². The number of nitrogens with two attached hydrogens (primary N) is 1. The molecule has 158 valence electrons. The maximum absolute atomic E-state index is 13.7. The lowest BCUT2D eigenvalue weighted by molar-refractivity contribution is -0.137. The van der Waals surface area contributed by atoms with Gasteiger partial charge in [-0.15, -0.1) is 0 Å². The molecule has 0 aliphatic carbocycles. The van der Waals surface area contributed by atoms with Gasteiger partial charge in [-0.1, -0.05) is 30.8 Å². The molecule has 4 N–H and O–H groups in total. The Hall–Kier alpha value is -3.95. The summed E-state index contributed by atoms with van der Waals surface area (Å²) in [5.74, 6) is 0.506. The van der Waals surface area contributed by atoms with Crippen molar-refractivity contribution in [2.45, 2.75) is 19.5 Å². The third-order valence-electron chi connectivity index (χ3n) is 4.69. The van der Waals surface area contributed by atoms with Crippen LogP contribution in [-0.4, -0.2) is 26.6 Å². The van der Waals surface area contributed by atoms with Gasteiger partial charge in [0.05, 0.1) is 34.6 Å². The minimum absolute atomic E-state index is 0.117. The number of aromatic amines is 1. The molecule has 2 aromatic heterocycles. The van der Waals surface area contributed by atoms with E-state index in [1.165, 1.54) is 6.20 Å². The molecule has 0 fully saturated rings. The van der Waals surface area contributed by atoms with Crippen molar-refractivity contribution in [2.75, 3.05) is 11.1 Å². The number of rotatable bonds is 5. The van der Waals surface area contributed by atoms with Gasteiger partial charge in [-0.25, -0.2) is 4.98 Å². The number of nitrogen functional groups attached to an aromatic ring is 1. The molecule has 4 rings (SSSR count). The van der Waals surface area contributed by atoms with E-state index in [0.717, 1.165) is 23.1 Å². The van der Waals surface area contributed by atoms with Crippen LogP contribution in [0.15, 0.2) is 59.4 Å². The highest BCUT2D eigenvalue weighted by Crippen LogP contribution is 2.39. The molecule has 1 aromatic carbocycles. The van der Waals surface area contributed by atoms with E-state index in [2.05, 4.69) is 37.3 Å². The van der Waals surface area contributed by atoms with E-state index in [9.17, 15) is 13.2 Å². The molecule has 10 heteroatoms. The highest BCUT2D eigenvalue weighted by atomic mass is 19.4. The molecule has 1 aliphatic heterocycles. The SMILES string of the molecule is C=C(Nc1ccn[nH]1)c1nc(-c2ccc(C3=NN=C(C)C3)cc2)c(C(F)(F)F)cc1N. The van der Waals surface area contributed by atoms with Crippen molar-refractivity contribution in [3.05, 3.63) is 66.0 Å². The molecule has 7 nitrogen and oxygen atoms in total. The largest absolute Gasteiger partial charge is 0.418 e. The first-order valence-electron chi connectivity index (χ1n) is 9.26. The van der Waals surface area contributed by atoms with Gasteiger partial charge in [0.2, 0.25) is 0 Å². The fraction of sp³-hybridized carbons (Fsp3) is 0.143. The number of anilines is 2. The Labute approximate surface area is 175 Å². The van der Waals surface area contributed by atoms with Gasteiger partial charge in [-0.2, -0.15) is 28.5 Å². The monoisotopic (exact) mass is 425 g/mol. The molecular weight excluding hydrogens is 407 g/mol. The van der Waals surface area contributed by atoms with E-state index < -0.39 is 11.7 Å². The number of nitrogens with zero attached hydrogens (tertiary/aromatic N) is 4. The molecule has 0 saturated carbocycles. The molecule has 31 heavy (non-hydrogen) atoms. The van der Waals surface area contributed by atoms with Crippen LogP contribution in [0.2, 0.25) is 0 Å². The summed E-state index contributed by atoms with van der Waals surface area (Å²) < 4.78 is 41.2. The highest BCUT2D eigenvalue weighted by molar-refractivity contribution is 6.14. The Morgan fingerprint density at radius 2 is 1.84 bits per heavy atom. The summed E-state index contributed by atoms with van der Waals surface area (Å²) in [5.41, 5.74) is 7.68. The van der Waals surface area contributed by atoms with Crippen LogP contribution in [0.25, 0.3) is 17.0 Å². The van der Waals surface area contributed by atoms with E-state index in [-0.39, 0.29) is 22.8 Å². The van der Waals surface area contributed by atoms with E-state index >= 15 is 0 Å². The first kappa shape index (κ1) is 20.3. The van der Waals surface area contributed by atoms with Crippen molar-refractivity contribution < 1.29 is 13.2 Å². The Kier molecular flexibility index (Phi) is 5.05. The molecule has 0 spiro atoms. The lowest BCUT2D eigenvalue weighted by Gasteiger charge is -2.17. The van der Waals surface area contributed by atoms with Crippen LogP contribution < -0.4 is 11.1 Å². The standard InChI is InChI=1S/C21H18F3N7/c1-11-9-17(30-29-11)13-3-5-14(6-4-13)20-15(21(22,23)24)10-16(25)19(28-20)12(2)27-18-7-8-26-31-18/h3-8,10H,2,9,25H2,1H3,(H2,26,27,31). The summed E-state index contributed by atoms with van der Waals surface area (Å²) in [5, 5.41) is 17.5. The number of hydrogen-bond donors (Lipinski definition) is 3. The van der Waals surface area contributed by atoms with Crippen LogP contribution in [0.1, 0.15) is 30.2 Å². The smallest absolute Gasteiger partial charge is 0.397 e. The third-order valence-corrected chi connectivity index (χ3v) is 4.69. The second-order valence-electron chi connectivity index (χ2n) is 7.03. The predicted molar refractivity (Wildman–Crippen MR) is 115 cm³/mol. The molecule has 3 heterocycles. The quantitative estimate of drug-likeness (QED) is 0.550. The first-order chi connectivity index (χ1) is 14.7. The summed E-state index contributed by atoms with van der Waals surface area (Å²) in [6.07, 6.45) is -2.50. The number of H-pyrrole nitrogens is 1. The molecule has 0 saturated heterocycles. The van der Waals surface area contributed by atoms with Gasteiger partial charge in [0.25, 0.3) is 0 Å². The lowest BCUT2D eigenvalue weighted by atomic mass is 9.99. The van der Waals surface area contributed by atoms with Crippen LogP contribution >= 0.6 is 0 Å². The van der Waals surface area contributed by atoms with Gasteiger partial charge in [0.1, 0.15) is 11.5 Å². The molecule has 0 radical (unpaired) electrons. The van der Waals surface area contributed by atoms with Crippen LogP contribution in [0, 0.1) is 0 Å². The minimum Gasteiger partial charge on any atom is -0.397 e. The van der Waals surface area contributed by atoms with Gasteiger partial charge in [-0.3, -0.25) is 5.10 Å². The fourth-order valence-corrected chi connectivity index (χ4v) is 3.19. The Bertz CT molecular complexity index is 1190. The van der Waals surface area contributed by atoms with Gasteiger partial charge in [-0.05, 0) is 18.6 Å². The van der Waals surface area contributed by atoms with E-state index in [1.807, 2.05) is 6.92 Å². The number of halogens is 3. The van der Waals surface area contributed by atoms with E-state index in [0.29, 0.717) is 17.8 Å². The molecule has 0 unspecified atom stereocenters. The Morgan fingerprint density at radius 1 is 1.13 bits per heavy atom. The average Bonchev–Trinajstić information content (AvgIpc) is 3.39. The van der Waals surface area contributed by atoms with Crippen molar-refractivity contribution in [3.8, 4) is 11.3 Å². The molecule has 0 amide bonds. The molecule has 0 atom stereocenters. The minimum atomic E-state index is -4.63. The van der Waals surface area contributed by atoms with Crippen LogP contribution in [0.3, 0.4) is 0 Å². The van der Waals surface area contributed by atoms with Crippen molar-refractivity contribution in [3.63, 3.8) is 0 Å². The lowest BCUT2D eigenvalue weighted by Crippen LogP contribution is -2.13. The average molecular weight is 425 g/mol. The van der Waals surface area contributed by atoms with Crippen LogP contribution in [0.5, 0.6) is 0 Å².